The fourth-order valence-electron chi connectivity index (χ4n) is 4.63. The normalized spacial score (nSPS) is 16.9. The summed E-state index contributed by atoms with van der Waals surface area (Å²) in [6, 6.07) is 11.3. The van der Waals surface area contributed by atoms with Gasteiger partial charge in [-0.2, -0.15) is 0 Å². The Morgan fingerprint density at radius 1 is 1.20 bits per heavy atom. The molecule has 214 valence electrons. The van der Waals surface area contributed by atoms with Crippen LogP contribution in [0.4, 0.5) is 4.39 Å². The Kier molecular flexibility index (Phi) is 9.79. The summed E-state index contributed by atoms with van der Waals surface area (Å²) < 4.78 is 25.3. The highest BCUT2D eigenvalue weighted by molar-refractivity contribution is 6.31. The van der Waals surface area contributed by atoms with Crippen LogP contribution in [0.15, 0.2) is 42.5 Å². The quantitative estimate of drug-likeness (QED) is 0.235. The summed E-state index contributed by atoms with van der Waals surface area (Å²) in [5.41, 5.74) is 2.80. The van der Waals surface area contributed by atoms with Gasteiger partial charge in [-0.25, -0.2) is 9.37 Å². The number of carbonyl (C=O) groups excluding carboxylic acids is 1. The summed E-state index contributed by atoms with van der Waals surface area (Å²) >= 11 is 6.00. The zero-order valence-corrected chi connectivity index (χ0v) is 23.9. The molecule has 0 fully saturated rings. The van der Waals surface area contributed by atoms with Crippen LogP contribution in [0.25, 0.3) is 11.3 Å². The molecule has 9 heteroatoms. The van der Waals surface area contributed by atoms with Gasteiger partial charge in [0.2, 0.25) is 0 Å². The summed E-state index contributed by atoms with van der Waals surface area (Å²) in [4.78, 5) is 17.6. The summed E-state index contributed by atoms with van der Waals surface area (Å²) in [6.07, 6.45) is 2.65. The molecule has 2 heterocycles. The predicted molar refractivity (Wildman–Crippen MR) is 152 cm³/mol. The zero-order valence-electron chi connectivity index (χ0n) is 23.1. The van der Waals surface area contributed by atoms with Crippen molar-refractivity contribution in [3.63, 3.8) is 0 Å². The maximum absolute atomic E-state index is 13.8. The third-order valence-corrected chi connectivity index (χ3v) is 7.22. The van der Waals surface area contributed by atoms with Crippen molar-refractivity contribution in [2.24, 2.45) is 0 Å². The van der Waals surface area contributed by atoms with Crippen LogP contribution < -0.4 is 10.1 Å². The first-order valence-electron chi connectivity index (χ1n) is 13.7. The van der Waals surface area contributed by atoms with Gasteiger partial charge in [-0.1, -0.05) is 37.9 Å². The number of fused-ring (bicyclic) bond motifs is 1. The minimum absolute atomic E-state index is 0.00205. The van der Waals surface area contributed by atoms with Crippen LogP contribution in [-0.2, 0) is 23.4 Å². The van der Waals surface area contributed by atoms with E-state index in [0.717, 1.165) is 36.8 Å². The molecule has 3 N–H and O–H groups in total. The number of amides is 1. The first kappa shape index (κ1) is 29.9. The number of benzene rings is 2. The van der Waals surface area contributed by atoms with Gasteiger partial charge in [-0.05, 0) is 73.7 Å². The third-order valence-electron chi connectivity index (χ3n) is 6.94. The second kappa shape index (κ2) is 13.1. The van der Waals surface area contributed by atoms with Crippen molar-refractivity contribution < 1.29 is 28.9 Å². The predicted octanol–water partition coefficient (Wildman–Crippen LogP) is 5.87. The Balaban J connectivity index is 1.54. The smallest absolute Gasteiger partial charge is 0.251 e. The SMILES string of the molecule is CCCCc1cc(C(=O)NCC(O)c2cc3c(c(-c4ccc(F)c(Cl)c4)n2)OCC3(C)O)ccc1COCCC. The van der Waals surface area contributed by atoms with Crippen LogP contribution in [0.1, 0.15) is 78.9 Å². The number of rotatable bonds is 12. The fraction of sp³-hybridized carbons (Fsp3) is 0.419. The average Bonchev–Trinajstić information content (AvgIpc) is 3.26. The van der Waals surface area contributed by atoms with Gasteiger partial charge in [0.05, 0.1) is 17.3 Å². The van der Waals surface area contributed by atoms with Crippen molar-refractivity contribution in [1.29, 1.82) is 0 Å². The van der Waals surface area contributed by atoms with Gasteiger partial charge in [0.15, 0.2) is 5.75 Å². The number of ether oxygens (including phenoxy) is 2. The molecule has 2 aromatic carbocycles. The molecule has 4 rings (SSSR count). The van der Waals surface area contributed by atoms with Gasteiger partial charge in [0.1, 0.15) is 29.8 Å². The maximum Gasteiger partial charge on any atom is 0.251 e. The Morgan fingerprint density at radius 2 is 2.00 bits per heavy atom. The second-order valence-electron chi connectivity index (χ2n) is 10.3. The minimum Gasteiger partial charge on any atom is -0.488 e. The van der Waals surface area contributed by atoms with E-state index in [1.165, 1.54) is 18.2 Å². The molecule has 40 heavy (non-hydrogen) atoms. The summed E-state index contributed by atoms with van der Waals surface area (Å²) in [5.74, 6) is -0.552. The van der Waals surface area contributed by atoms with Gasteiger partial charge < -0.3 is 25.0 Å². The van der Waals surface area contributed by atoms with E-state index in [2.05, 4.69) is 24.1 Å². The number of nitrogens with zero attached hydrogens (tertiary/aromatic N) is 1. The number of aryl methyl sites for hydroxylation is 1. The van der Waals surface area contributed by atoms with Gasteiger partial charge in [-0.3, -0.25) is 4.79 Å². The van der Waals surface area contributed by atoms with Crippen LogP contribution >= 0.6 is 11.6 Å². The Labute approximate surface area is 239 Å². The Bertz CT molecular complexity index is 1360. The summed E-state index contributed by atoms with van der Waals surface area (Å²) in [6.45, 7) is 6.87. The molecular formula is C31H36ClFN2O5. The molecule has 2 atom stereocenters. The lowest BCUT2D eigenvalue weighted by atomic mass is 9.95. The van der Waals surface area contributed by atoms with Gasteiger partial charge in [-0.15, -0.1) is 0 Å². The molecule has 7 nitrogen and oxygen atoms in total. The van der Waals surface area contributed by atoms with E-state index in [0.29, 0.717) is 41.3 Å². The van der Waals surface area contributed by atoms with E-state index in [1.54, 1.807) is 19.1 Å². The molecule has 2 unspecified atom stereocenters. The highest BCUT2D eigenvalue weighted by Gasteiger charge is 2.38. The highest BCUT2D eigenvalue weighted by atomic mass is 35.5. The number of aromatic nitrogens is 1. The van der Waals surface area contributed by atoms with Crippen molar-refractivity contribution >= 4 is 17.5 Å². The van der Waals surface area contributed by atoms with Gasteiger partial charge in [0.25, 0.3) is 5.91 Å². The molecule has 1 aliphatic heterocycles. The molecule has 3 aromatic rings. The van der Waals surface area contributed by atoms with E-state index in [1.807, 2.05) is 12.1 Å². The molecule has 0 saturated carbocycles. The number of hydrogen-bond donors (Lipinski definition) is 3. The van der Waals surface area contributed by atoms with Crippen LogP contribution in [0.3, 0.4) is 0 Å². The standard InChI is InChI=1S/C31H36ClFN2O5/c1-4-6-7-19-13-21(8-9-22(19)17-39-12-5-2)30(37)34-16-27(36)26-15-23-29(40-18-31(23,3)38)28(35-26)20-10-11-25(33)24(32)14-20/h8-11,13-15,27,36,38H,4-7,12,16-18H2,1-3H3,(H,34,37). The molecule has 1 aliphatic rings. The maximum atomic E-state index is 13.8. The number of carbonyl (C=O) groups is 1. The number of aliphatic hydroxyl groups is 2. The van der Waals surface area contributed by atoms with Crippen molar-refractivity contribution in [1.82, 2.24) is 10.3 Å². The molecule has 0 bridgehead atoms. The average molecular weight is 571 g/mol. The molecule has 1 amide bonds. The summed E-state index contributed by atoms with van der Waals surface area (Å²) in [5, 5.41) is 24.6. The molecule has 0 aliphatic carbocycles. The number of pyridine rings is 1. The van der Waals surface area contributed by atoms with Crippen LogP contribution in [-0.4, -0.2) is 40.9 Å². The Morgan fingerprint density at radius 3 is 2.73 bits per heavy atom. The first-order chi connectivity index (χ1) is 19.1. The van der Waals surface area contributed by atoms with Crippen LogP contribution in [0.5, 0.6) is 5.75 Å². The molecule has 0 saturated heterocycles. The second-order valence-corrected chi connectivity index (χ2v) is 10.7. The van der Waals surface area contributed by atoms with Crippen LogP contribution in [0.2, 0.25) is 5.02 Å². The largest absolute Gasteiger partial charge is 0.488 e. The van der Waals surface area contributed by atoms with Crippen molar-refractivity contribution in [3.8, 4) is 17.0 Å². The van der Waals surface area contributed by atoms with E-state index < -0.39 is 17.5 Å². The van der Waals surface area contributed by atoms with E-state index in [4.69, 9.17) is 21.1 Å². The zero-order chi connectivity index (χ0) is 28.9. The van der Waals surface area contributed by atoms with Crippen molar-refractivity contribution in [3.05, 3.63) is 81.3 Å². The number of halogens is 2. The monoisotopic (exact) mass is 570 g/mol. The molecule has 0 spiro atoms. The van der Waals surface area contributed by atoms with Gasteiger partial charge in [0, 0.05) is 29.8 Å². The highest BCUT2D eigenvalue weighted by Crippen LogP contribution is 2.44. The van der Waals surface area contributed by atoms with Crippen molar-refractivity contribution in [2.75, 3.05) is 19.8 Å². The molecule has 1 aromatic heterocycles. The third kappa shape index (κ3) is 6.81. The lowest BCUT2D eigenvalue weighted by Gasteiger charge is -2.18. The van der Waals surface area contributed by atoms with E-state index >= 15 is 0 Å². The first-order valence-corrected chi connectivity index (χ1v) is 14.0. The van der Waals surface area contributed by atoms with Crippen molar-refractivity contribution in [2.45, 2.75) is 64.8 Å². The number of hydrogen-bond acceptors (Lipinski definition) is 6. The van der Waals surface area contributed by atoms with Gasteiger partial charge >= 0.3 is 0 Å². The minimum atomic E-state index is -1.31. The van der Waals surface area contributed by atoms with Crippen LogP contribution in [0, 0.1) is 5.82 Å². The topological polar surface area (TPSA) is 101 Å². The lowest BCUT2D eigenvalue weighted by molar-refractivity contribution is 0.0348. The molecular weight excluding hydrogens is 535 g/mol. The van der Waals surface area contributed by atoms with E-state index in [-0.39, 0.29) is 29.8 Å². The summed E-state index contributed by atoms with van der Waals surface area (Å²) in [7, 11) is 0. The Hall–Kier alpha value is -3.04. The number of aliphatic hydroxyl groups excluding tert-OH is 1. The number of nitrogens with one attached hydrogen (secondary N) is 1. The van der Waals surface area contributed by atoms with E-state index in [9.17, 15) is 19.4 Å². The lowest BCUT2D eigenvalue weighted by Crippen LogP contribution is -2.29. The molecule has 0 radical (unpaired) electrons. The number of unbranched alkanes of at least 4 members (excludes halogenated alkanes) is 1. The fourth-order valence-corrected chi connectivity index (χ4v) is 4.81.